The van der Waals surface area contributed by atoms with Gasteiger partial charge in [0.1, 0.15) is 11.2 Å². The molecule has 11 heavy (non-hydrogen) atoms. The lowest BCUT2D eigenvalue weighted by molar-refractivity contribution is 0.624. The monoisotopic (exact) mass is 231 g/mol. The second kappa shape index (κ2) is 3.74. The van der Waals surface area contributed by atoms with Crippen LogP contribution in [0.3, 0.4) is 0 Å². The zero-order valence-electron chi connectivity index (χ0n) is 5.34. The Kier molecular flexibility index (Phi) is 2.92. The summed E-state index contributed by atoms with van der Waals surface area (Å²) in [6, 6.07) is 4.23. The highest BCUT2D eigenvalue weighted by atomic mass is 79.9. The molecule has 0 bridgehead atoms. The second-order valence-corrected chi connectivity index (χ2v) is 3.45. The lowest BCUT2D eigenvalue weighted by atomic mass is 10.3. The van der Waals surface area contributed by atoms with Crippen molar-refractivity contribution in [2.45, 2.75) is 4.90 Å². The molecule has 0 aliphatic carbocycles. The van der Waals surface area contributed by atoms with Crippen molar-refractivity contribution < 1.29 is 4.39 Å². The standard InChI is InChI=1S/C7H3BrFNS/c8-6-2-1-5(9)3-7(6)11-4-10/h1-3H. The highest BCUT2D eigenvalue weighted by Gasteiger charge is 2.00. The molecule has 0 aliphatic heterocycles. The van der Waals surface area contributed by atoms with Gasteiger partial charge in [0.15, 0.2) is 0 Å². The molecule has 0 fully saturated rings. The third-order valence-corrected chi connectivity index (χ3v) is 2.65. The van der Waals surface area contributed by atoms with E-state index in [1.807, 2.05) is 5.40 Å². The van der Waals surface area contributed by atoms with Crippen LogP contribution in [0.15, 0.2) is 27.6 Å². The van der Waals surface area contributed by atoms with Crippen molar-refractivity contribution in [3.8, 4) is 5.40 Å². The average molecular weight is 232 g/mol. The molecule has 56 valence electrons. The number of benzene rings is 1. The first-order valence-electron chi connectivity index (χ1n) is 2.75. The smallest absolute Gasteiger partial charge is 0.138 e. The highest BCUT2D eigenvalue weighted by molar-refractivity contribution is 9.10. The first-order valence-corrected chi connectivity index (χ1v) is 4.36. The molecule has 0 heterocycles. The Morgan fingerprint density at radius 3 is 2.91 bits per heavy atom. The Hall–Kier alpha value is -0.530. The fourth-order valence-corrected chi connectivity index (χ4v) is 1.53. The van der Waals surface area contributed by atoms with E-state index in [4.69, 9.17) is 5.26 Å². The molecular weight excluding hydrogens is 229 g/mol. The van der Waals surface area contributed by atoms with Crippen LogP contribution in [0.5, 0.6) is 0 Å². The number of rotatable bonds is 1. The van der Waals surface area contributed by atoms with Crippen molar-refractivity contribution in [2.75, 3.05) is 0 Å². The van der Waals surface area contributed by atoms with Gasteiger partial charge in [-0.3, -0.25) is 0 Å². The van der Waals surface area contributed by atoms with Crippen molar-refractivity contribution in [1.82, 2.24) is 0 Å². The summed E-state index contributed by atoms with van der Waals surface area (Å²) in [6.45, 7) is 0. The molecule has 1 nitrogen and oxygen atoms in total. The van der Waals surface area contributed by atoms with Crippen LogP contribution in [0.4, 0.5) is 4.39 Å². The summed E-state index contributed by atoms with van der Waals surface area (Å²) < 4.78 is 13.3. The van der Waals surface area contributed by atoms with Crippen LogP contribution in [-0.2, 0) is 0 Å². The van der Waals surface area contributed by atoms with E-state index in [-0.39, 0.29) is 5.82 Å². The van der Waals surface area contributed by atoms with Crippen LogP contribution in [0.1, 0.15) is 0 Å². The fourth-order valence-electron chi connectivity index (χ4n) is 0.605. The van der Waals surface area contributed by atoms with Crippen LogP contribution in [0.2, 0.25) is 0 Å². The molecule has 0 saturated carbocycles. The Bertz CT molecular complexity index is 308. The quantitative estimate of drug-likeness (QED) is 0.548. The number of halogens is 2. The lowest BCUT2D eigenvalue weighted by Crippen LogP contribution is -1.76. The van der Waals surface area contributed by atoms with Gasteiger partial charge < -0.3 is 0 Å². The largest absolute Gasteiger partial charge is 0.207 e. The molecule has 1 rings (SSSR count). The van der Waals surface area contributed by atoms with Gasteiger partial charge in [0.05, 0.1) is 0 Å². The molecule has 0 amide bonds. The minimum atomic E-state index is -0.328. The Labute approximate surface area is 76.3 Å². The number of nitrogens with zero attached hydrogens (tertiary/aromatic N) is 1. The van der Waals surface area contributed by atoms with Crippen LogP contribution in [-0.4, -0.2) is 0 Å². The van der Waals surface area contributed by atoms with E-state index in [2.05, 4.69) is 15.9 Å². The minimum Gasteiger partial charge on any atom is -0.207 e. The number of thiocyanates is 1. The van der Waals surface area contributed by atoms with E-state index in [1.54, 1.807) is 6.07 Å². The Morgan fingerprint density at radius 2 is 2.27 bits per heavy atom. The average Bonchev–Trinajstić information content (AvgIpc) is 1.98. The molecule has 0 N–H and O–H groups in total. The number of thioether (sulfide) groups is 1. The van der Waals surface area contributed by atoms with Crippen molar-refractivity contribution in [2.24, 2.45) is 0 Å². The Morgan fingerprint density at radius 1 is 1.55 bits per heavy atom. The molecule has 1 aromatic carbocycles. The van der Waals surface area contributed by atoms with Gasteiger partial charge in [-0.2, -0.15) is 5.26 Å². The maximum atomic E-state index is 12.5. The molecule has 4 heteroatoms. The van der Waals surface area contributed by atoms with Crippen LogP contribution >= 0.6 is 27.7 Å². The SMILES string of the molecule is N#CSc1cc(F)ccc1Br. The summed E-state index contributed by atoms with van der Waals surface area (Å²) >= 11 is 4.13. The molecule has 0 aliphatic rings. The molecule has 0 saturated heterocycles. The molecule has 0 unspecified atom stereocenters. The molecular formula is C7H3BrFNS. The van der Waals surface area contributed by atoms with E-state index in [9.17, 15) is 4.39 Å². The third-order valence-electron chi connectivity index (χ3n) is 1.05. The van der Waals surface area contributed by atoms with Gasteiger partial charge in [-0.05, 0) is 45.9 Å². The summed E-state index contributed by atoms with van der Waals surface area (Å²) in [6.07, 6.45) is 0. The normalized spacial score (nSPS) is 9.18. The summed E-state index contributed by atoms with van der Waals surface area (Å²) in [5.41, 5.74) is 0. The topological polar surface area (TPSA) is 23.8 Å². The van der Waals surface area contributed by atoms with Crippen molar-refractivity contribution >= 4 is 27.7 Å². The van der Waals surface area contributed by atoms with Gasteiger partial charge in [-0.25, -0.2) is 4.39 Å². The molecule has 1 aromatic rings. The second-order valence-electron chi connectivity index (χ2n) is 1.77. The third kappa shape index (κ3) is 2.21. The van der Waals surface area contributed by atoms with E-state index >= 15 is 0 Å². The maximum absolute atomic E-state index is 12.5. The summed E-state index contributed by atoms with van der Waals surface area (Å²) in [7, 11) is 0. The first kappa shape index (κ1) is 8.57. The van der Waals surface area contributed by atoms with E-state index in [0.29, 0.717) is 4.90 Å². The Balaban J connectivity index is 3.05. The predicted octanol–water partition coefficient (Wildman–Crippen LogP) is 3.16. The highest BCUT2D eigenvalue weighted by Crippen LogP contribution is 2.26. The van der Waals surface area contributed by atoms with E-state index < -0.39 is 0 Å². The van der Waals surface area contributed by atoms with Crippen molar-refractivity contribution in [1.29, 1.82) is 5.26 Å². The zero-order chi connectivity index (χ0) is 8.27. The summed E-state index contributed by atoms with van der Waals surface area (Å²) in [5, 5.41) is 10.2. The van der Waals surface area contributed by atoms with E-state index in [0.717, 1.165) is 16.2 Å². The van der Waals surface area contributed by atoms with E-state index in [1.165, 1.54) is 12.1 Å². The van der Waals surface area contributed by atoms with Crippen molar-refractivity contribution in [3.63, 3.8) is 0 Å². The molecule has 0 radical (unpaired) electrons. The summed E-state index contributed by atoms with van der Waals surface area (Å²) in [5.74, 6) is -0.328. The first-order chi connectivity index (χ1) is 5.24. The van der Waals surface area contributed by atoms with Gasteiger partial charge in [0.25, 0.3) is 0 Å². The van der Waals surface area contributed by atoms with Crippen LogP contribution in [0, 0.1) is 16.5 Å². The minimum absolute atomic E-state index is 0.328. The van der Waals surface area contributed by atoms with Crippen molar-refractivity contribution in [3.05, 3.63) is 28.5 Å². The number of nitriles is 1. The number of hydrogen-bond donors (Lipinski definition) is 0. The van der Waals surface area contributed by atoms with Crippen LogP contribution < -0.4 is 0 Å². The van der Waals surface area contributed by atoms with Gasteiger partial charge in [0, 0.05) is 9.37 Å². The van der Waals surface area contributed by atoms with Gasteiger partial charge >= 0.3 is 0 Å². The van der Waals surface area contributed by atoms with Gasteiger partial charge in [0.2, 0.25) is 0 Å². The predicted molar refractivity (Wildman–Crippen MR) is 45.6 cm³/mol. The van der Waals surface area contributed by atoms with Crippen LogP contribution in [0.25, 0.3) is 0 Å². The maximum Gasteiger partial charge on any atom is 0.138 e. The summed E-state index contributed by atoms with van der Waals surface area (Å²) in [4.78, 5) is 0.604. The molecule has 0 spiro atoms. The van der Waals surface area contributed by atoms with Gasteiger partial charge in [-0.15, -0.1) is 0 Å². The van der Waals surface area contributed by atoms with Gasteiger partial charge in [-0.1, -0.05) is 0 Å². The fraction of sp³-hybridized carbons (Fsp3) is 0. The lowest BCUT2D eigenvalue weighted by Gasteiger charge is -1.96. The zero-order valence-corrected chi connectivity index (χ0v) is 7.75. The molecule has 0 aromatic heterocycles. The number of hydrogen-bond acceptors (Lipinski definition) is 2. The molecule has 0 atom stereocenters.